The summed E-state index contributed by atoms with van der Waals surface area (Å²) in [6, 6.07) is 0. The monoisotopic (exact) mass is 222 g/mol. The van der Waals surface area contributed by atoms with E-state index in [1.807, 2.05) is 0 Å². The Kier molecular flexibility index (Phi) is 4.43. The van der Waals surface area contributed by atoms with Gasteiger partial charge in [-0.25, -0.2) is 0 Å². The van der Waals surface area contributed by atoms with Crippen LogP contribution in [0.3, 0.4) is 0 Å². The van der Waals surface area contributed by atoms with Crippen molar-refractivity contribution in [3.05, 3.63) is 0 Å². The summed E-state index contributed by atoms with van der Waals surface area (Å²) in [6.45, 7) is 2.24. The molecule has 3 atom stereocenters. The molecule has 0 N–H and O–H groups in total. The zero-order chi connectivity index (χ0) is 11.4. The third-order valence-corrected chi connectivity index (χ3v) is 4.68. The summed E-state index contributed by atoms with van der Waals surface area (Å²) >= 11 is 0. The highest BCUT2D eigenvalue weighted by Crippen LogP contribution is 2.48. The molecule has 16 heavy (non-hydrogen) atoms. The topological polar surface area (TPSA) is 17.1 Å². The second kappa shape index (κ2) is 5.84. The highest BCUT2D eigenvalue weighted by Gasteiger charge is 2.42. The van der Waals surface area contributed by atoms with E-state index < -0.39 is 0 Å². The van der Waals surface area contributed by atoms with Crippen molar-refractivity contribution in [1.82, 2.24) is 0 Å². The number of rotatable bonds is 7. The zero-order valence-corrected chi connectivity index (χ0v) is 10.7. The number of unbranched alkanes of at least 4 members (excludes halogenated alkanes) is 4. The molecule has 2 fully saturated rings. The van der Waals surface area contributed by atoms with Gasteiger partial charge in [-0.2, -0.15) is 0 Å². The number of ketones is 1. The van der Waals surface area contributed by atoms with Crippen LogP contribution >= 0.6 is 0 Å². The Morgan fingerprint density at radius 1 is 1.06 bits per heavy atom. The van der Waals surface area contributed by atoms with Crippen molar-refractivity contribution < 1.29 is 4.79 Å². The minimum absolute atomic E-state index is 0.477. The van der Waals surface area contributed by atoms with E-state index in [9.17, 15) is 4.79 Å². The van der Waals surface area contributed by atoms with E-state index in [0.717, 1.165) is 24.7 Å². The molecule has 0 spiro atoms. The summed E-state index contributed by atoms with van der Waals surface area (Å²) in [4.78, 5) is 12.1. The molecule has 3 unspecified atom stereocenters. The highest BCUT2D eigenvalue weighted by atomic mass is 16.1. The van der Waals surface area contributed by atoms with Gasteiger partial charge in [0.2, 0.25) is 0 Å². The van der Waals surface area contributed by atoms with E-state index in [1.54, 1.807) is 0 Å². The lowest BCUT2D eigenvalue weighted by atomic mass is 9.84. The Hall–Kier alpha value is -0.330. The van der Waals surface area contributed by atoms with Crippen LogP contribution in [0.5, 0.6) is 0 Å². The zero-order valence-electron chi connectivity index (χ0n) is 10.7. The SMILES string of the molecule is CCCCCCCC(=O)C1CC2CCC1C2. The Bertz CT molecular complexity index is 234. The van der Waals surface area contributed by atoms with E-state index >= 15 is 0 Å². The van der Waals surface area contributed by atoms with Gasteiger partial charge in [0.1, 0.15) is 5.78 Å². The van der Waals surface area contributed by atoms with Crippen molar-refractivity contribution in [2.75, 3.05) is 0 Å². The Labute approximate surface area is 100.0 Å². The van der Waals surface area contributed by atoms with Gasteiger partial charge in [-0.05, 0) is 37.5 Å². The maximum atomic E-state index is 12.1. The van der Waals surface area contributed by atoms with Crippen LogP contribution in [0.4, 0.5) is 0 Å². The van der Waals surface area contributed by atoms with E-state index in [-0.39, 0.29) is 0 Å². The van der Waals surface area contributed by atoms with Gasteiger partial charge in [0, 0.05) is 12.3 Å². The molecule has 0 saturated heterocycles. The van der Waals surface area contributed by atoms with Gasteiger partial charge in [0.25, 0.3) is 0 Å². The average Bonchev–Trinajstić information content (AvgIpc) is 2.90. The van der Waals surface area contributed by atoms with Crippen molar-refractivity contribution in [3.8, 4) is 0 Å². The number of fused-ring (bicyclic) bond motifs is 2. The minimum atomic E-state index is 0.477. The predicted molar refractivity (Wildman–Crippen MR) is 67.3 cm³/mol. The van der Waals surface area contributed by atoms with Crippen LogP contribution < -0.4 is 0 Å². The molecule has 2 aliphatic rings. The lowest BCUT2D eigenvalue weighted by Gasteiger charge is -2.20. The molecule has 0 heterocycles. The van der Waals surface area contributed by atoms with Crippen LogP contribution in [0.1, 0.15) is 71.1 Å². The van der Waals surface area contributed by atoms with Crippen LogP contribution in [-0.4, -0.2) is 5.78 Å². The maximum Gasteiger partial charge on any atom is 0.136 e. The molecule has 0 aromatic heterocycles. The van der Waals surface area contributed by atoms with Gasteiger partial charge >= 0.3 is 0 Å². The first-order chi connectivity index (χ1) is 7.81. The Balaban J connectivity index is 1.61. The first kappa shape index (κ1) is 12.1. The van der Waals surface area contributed by atoms with Gasteiger partial charge in [0.05, 0.1) is 0 Å². The first-order valence-electron chi connectivity index (χ1n) is 7.34. The van der Waals surface area contributed by atoms with E-state index in [4.69, 9.17) is 0 Å². The van der Waals surface area contributed by atoms with Crippen LogP contribution in [0.2, 0.25) is 0 Å². The van der Waals surface area contributed by atoms with Crippen LogP contribution in [0, 0.1) is 17.8 Å². The van der Waals surface area contributed by atoms with Gasteiger partial charge in [0.15, 0.2) is 0 Å². The van der Waals surface area contributed by atoms with Crippen molar-refractivity contribution in [2.24, 2.45) is 17.8 Å². The number of hydrogen-bond donors (Lipinski definition) is 0. The Morgan fingerprint density at radius 3 is 2.50 bits per heavy atom. The number of carbonyl (C=O) groups excluding carboxylic acids is 1. The van der Waals surface area contributed by atoms with E-state index in [1.165, 1.54) is 51.4 Å². The minimum Gasteiger partial charge on any atom is -0.299 e. The molecule has 2 bridgehead atoms. The second-order valence-corrected chi connectivity index (χ2v) is 5.91. The fourth-order valence-corrected chi connectivity index (χ4v) is 3.73. The lowest BCUT2D eigenvalue weighted by molar-refractivity contribution is -0.124. The van der Waals surface area contributed by atoms with E-state index in [0.29, 0.717) is 11.7 Å². The van der Waals surface area contributed by atoms with Crippen LogP contribution in [0.25, 0.3) is 0 Å². The molecule has 92 valence electrons. The lowest BCUT2D eigenvalue weighted by Crippen LogP contribution is -2.20. The molecule has 1 heteroatoms. The number of carbonyl (C=O) groups is 1. The van der Waals surface area contributed by atoms with Crippen molar-refractivity contribution in [3.63, 3.8) is 0 Å². The number of Topliss-reactive ketones (excluding diaryl/α,β-unsaturated/α-hetero) is 1. The molecule has 0 aromatic rings. The molecule has 2 saturated carbocycles. The van der Waals surface area contributed by atoms with Gasteiger partial charge < -0.3 is 0 Å². The average molecular weight is 222 g/mol. The largest absolute Gasteiger partial charge is 0.299 e. The summed E-state index contributed by atoms with van der Waals surface area (Å²) in [5.74, 6) is 2.78. The fraction of sp³-hybridized carbons (Fsp3) is 0.933. The summed E-state index contributed by atoms with van der Waals surface area (Å²) in [5.41, 5.74) is 0. The van der Waals surface area contributed by atoms with Gasteiger partial charge in [-0.3, -0.25) is 4.79 Å². The predicted octanol–water partition coefficient (Wildman–Crippen LogP) is 4.35. The molecule has 0 radical (unpaired) electrons. The van der Waals surface area contributed by atoms with Gasteiger partial charge in [-0.1, -0.05) is 39.0 Å². The second-order valence-electron chi connectivity index (χ2n) is 5.91. The van der Waals surface area contributed by atoms with Gasteiger partial charge in [-0.15, -0.1) is 0 Å². The molecule has 0 aromatic carbocycles. The standard InChI is InChI=1S/C15H26O/c1-2-3-4-5-6-7-15(16)14-11-12-8-9-13(14)10-12/h12-14H,2-11H2,1H3. The fourth-order valence-electron chi connectivity index (χ4n) is 3.73. The van der Waals surface area contributed by atoms with Crippen molar-refractivity contribution >= 4 is 5.78 Å². The molecule has 0 aliphatic heterocycles. The smallest absolute Gasteiger partial charge is 0.136 e. The van der Waals surface area contributed by atoms with Crippen LogP contribution in [-0.2, 0) is 4.79 Å². The number of hydrogen-bond acceptors (Lipinski definition) is 1. The third-order valence-electron chi connectivity index (χ3n) is 4.68. The van der Waals surface area contributed by atoms with E-state index in [2.05, 4.69) is 6.92 Å². The summed E-state index contributed by atoms with van der Waals surface area (Å²) in [6.07, 6.45) is 12.6. The van der Waals surface area contributed by atoms with Crippen molar-refractivity contribution in [1.29, 1.82) is 0 Å². The molecule has 2 aliphatic carbocycles. The first-order valence-corrected chi connectivity index (χ1v) is 7.34. The van der Waals surface area contributed by atoms with Crippen molar-refractivity contribution in [2.45, 2.75) is 71.1 Å². The maximum absolute atomic E-state index is 12.1. The summed E-state index contributed by atoms with van der Waals surface area (Å²) in [5, 5.41) is 0. The molecular formula is C15H26O. The molecule has 1 nitrogen and oxygen atoms in total. The molecule has 2 rings (SSSR count). The summed E-state index contributed by atoms with van der Waals surface area (Å²) < 4.78 is 0. The normalized spacial score (nSPS) is 32.2. The quantitative estimate of drug-likeness (QED) is 0.585. The molecule has 0 amide bonds. The third kappa shape index (κ3) is 2.87. The van der Waals surface area contributed by atoms with Crippen LogP contribution in [0.15, 0.2) is 0 Å². The summed E-state index contributed by atoms with van der Waals surface area (Å²) in [7, 11) is 0. The molecular weight excluding hydrogens is 196 g/mol. The highest BCUT2D eigenvalue weighted by molar-refractivity contribution is 5.81. The Morgan fingerprint density at radius 2 is 1.88 bits per heavy atom.